The summed E-state index contributed by atoms with van der Waals surface area (Å²) in [5.41, 5.74) is -0.281. The third-order valence-electron chi connectivity index (χ3n) is 2.35. The van der Waals surface area contributed by atoms with E-state index in [2.05, 4.69) is 14.8 Å². The Morgan fingerprint density at radius 1 is 1.37 bits per heavy atom. The number of pyridine rings is 1. The molecular formula is C10H10N4O4S. The minimum Gasteiger partial charge on any atom is -0.478 e. The van der Waals surface area contributed by atoms with E-state index in [1.54, 1.807) is 0 Å². The van der Waals surface area contributed by atoms with E-state index in [4.69, 9.17) is 5.11 Å². The number of anilines is 1. The maximum absolute atomic E-state index is 12.1. The minimum atomic E-state index is -3.91. The number of aromatic nitrogens is 3. The zero-order chi connectivity index (χ0) is 14.0. The summed E-state index contributed by atoms with van der Waals surface area (Å²) in [6.45, 7) is 0. The Balaban J connectivity index is 2.42. The number of carboxylic acid groups (broad SMARTS) is 1. The van der Waals surface area contributed by atoms with Gasteiger partial charge in [-0.05, 0) is 12.1 Å². The van der Waals surface area contributed by atoms with Crippen molar-refractivity contribution in [2.75, 3.05) is 4.72 Å². The van der Waals surface area contributed by atoms with Gasteiger partial charge >= 0.3 is 5.97 Å². The van der Waals surface area contributed by atoms with Gasteiger partial charge in [0.1, 0.15) is 0 Å². The summed E-state index contributed by atoms with van der Waals surface area (Å²) in [5, 5.41) is 12.6. The molecule has 0 aliphatic heterocycles. The van der Waals surface area contributed by atoms with Crippen LogP contribution in [0, 0.1) is 0 Å². The molecule has 0 amide bonds. The SMILES string of the molecule is Cn1nccc1S(=O)(=O)Nc1cnccc1C(=O)O. The summed E-state index contributed by atoms with van der Waals surface area (Å²) in [4.78, 5) is 14.7. The first-order valence-electron chi connectivity index (χ1n) is 5.10. The predicted octanol–water partition coefficient (Wildman–Crippen LogP) is 0.314. The molecule has 0 saturated carbocycles. The fourth-order valence-corrected chi connectivity index (χ4v) is 2.68. The van der Waals surface area contributed by atoms with Gasteiger partial charge in [0.25, 0.3) is 10.0 Å². The van der Waals surface area contributed by atoms with Gasteiger partial charge in [0.05, 0.1) is 23.6 Å². The molecule has 0 aromatic carbocycles. The second kappa shape index (κ2) is 4.69. The standard InChI is InChI=1S/C10H10N4O4S/c1-14-9(3-5-12-14)19(17,18)13-8-6-11-4-2-7(8)10(15)16/h2-6,13H,1H3,(H,15,16). The molecule has 2 aromatic heterocycles. The van der Waals surface area contributed by atoms with Crippen LogP contribution in [0.1, 0.15) is 10.4 Å². The maximum atomic E-state index is 12.1. The van der Waals surface area contributed by atoms with Crippen molar-refractivity contribution >= 4 is 21.7 Å². The van der Waals surface area contributed by atoms with Gasteiger partial charge in [-0.3, -0.25) is 14.4 Å². The van der Waals surface area contributed by atoms with Crippen molar-refractivity contribution in [3.05, 3.63) is 36.3 Å². The van der Waals surface area contributed by atoms with Gasteiger partial charge in [0.15, 0.2) is 5.03 Å². The molecule has 2 rings (SSSR count). The van der Waals surface area contributed by atoms with Crippen LogP contribution in [0.2, 0.25) is 0 Å². The van der Waals surface area contributed by atoms with E-state index in [-0.39, 0.29) is 16.3 Å². The summed E-state index contributed by atoms with van der Waals surface area (Å²) >= 11 is 0. The zero-order valence-corrected chi connectivity index (χ0v) is 10.6. The van der Waals surface area contributed by atoms with Crippen LogP contribution in [0.3, 0.4) is 0 Å². The number of hydrogen-bond acceptors (Lipinski definition) is 5. The van der Waals surface area contributed by atoms with Gasteiger partial charge in [-0.1, -0.05) is 0 Å². The molecule has 0 unspecified atom stereocenters. The first-order valence-corrected chi connectivity index (χ1v) is 6.58. The average molecular weight is 282 g/mol. The molecule has 100 valence electrons. The minimum absolute atomic E-state index is 0.0762. The molecule has 2 N–H and O–H groups in total. The van der Waals surface area contributed by atoms with Gasteiger partial charge in [-0.25, -0.2) is 4.79 Å². The second-order valence-corrected chi connectivity index (χ2v) is 5.25. The Kier molecular flexibility index (Phi) is 3.21. The lowest BCUT2D eigenvalue weighted by atomic mass is 10.2. The third kappa shape index (κ3) is 2.55. The summed E-state index contributed by atoms with van der Waals surface area (Å²) in [6.07, 6.45) is 3.73. The highest BCUT2D eigenvalue weighted by Crippen LogP contribution is 2.18. The second-order valence-electron chi connectivity index (χ2n) is 3.62. The van der Waals surface area contributed by atoms with Crippen molar-refractivity contribution in [2.24, 2.45) is 7.05 Å². The lowest BCUT2D eigenvalue weighted by molar-refractivity contribution is 0.0698. The summed E-state index contributed by atoms with van der Waals surface area (Å²) in [5.74, 6) is -1.25. The van der Waals surface area contributed by atoms with E-state index >= 15 is 0 Å². The lowest BCUT2D eigenvalue weighted by Crippen LogP contribution is -2.18. The van der Waals surface area contributed by atoms with Gasteiger partial charge < -0.3 is 5.11 Å². The number of hydrogen-bond donors (Lipinski definition) is 2. The maximum Gasteiger partial charge on any atom is 0.337 e. The van der Waals surface area contributed by atoms with E-state index in [1.807, 2.05) is 0 Å². The molecule has 0 atom stereocenters. The number of sulfonamides is 1. The molecule has 0 saturated heterocycles. The number of carboxylic acids is 1. The average Bonchev–Trinajstić information content (AvgIpc) is 2.76. The van der Waals surface area contributed by atoms with Crippen LogP contribution in [0.25, 0.3) is 0 Å². The Labute approximate surface area is 108 Å². The van der Waals surface area contributed by atoms with Crippen LogP contribution >= 0.6 is 0 Å². The highest BCUT2D eigenvalue weighted by molar-refractivity contribution is 7.92. The van der Waals surface area contributed by atoms with Crippen molar-refractivity contribution in [1.29, 1.82) is 0 Å². The molecule has 19 heavy (non-hydrogen) atoms. The molecule has 2 heterocycles. The van der Waals surface area contributed by atoms with E-state index in [9.17, 15) is 13.2 Å². The van der Waals surface area contributed by atoms with Gasteiger partial charge in [-0.2, -0.15) is 13.5 Å². The number of aromatic carboxylic acids is 1. The lowest BCUT2D eigenvalue weighted by Gasteiger charge is -2.09. The van der Waals surface area contributed by atoms with Gasteiger partial charge in [-0.15, -0.1) is 0 Å². The van der Waals surface area contributed by atoms with Gasteiger partial charge in [0, 0.05) is 13.2 Å². The quantitative estimate of drug-likeness (QED) is 0.834. The molecule has 0 aliphatic carbocycles. The first kappa shape index (κ1) is 13.0. The fraction of sp³-hybridized carbons (Fsp3) is 0.100. The number of aryl methyl sites for hydroxylation is 1. The first-order chi connectivity index (χ1) is 8.92. The van der Waals surface area contributed by atoms with Crippen molar-refractivity contribution in [3.63, 3.8) is 0 Å². The molecule has 0 spiro atoms. The van der Waals surface area contributed by atoms with E-state index in [0.717, 1.165) is 6.20 Å². The molecule has 8 nitrogen and oxygen atoms in total. The zero-order valence-electron chi connectivity index (χ0n) is 9.81. The largest absolute Gasteiger partial charge is 0.478 e. The highest BCUT2D eigenvalue weighted by Gasteiger charge is 2.21. The van der Waals surface area contributed by atoms with Crippen LogP contribution < -0.4 is 4.72 Å². The molecule has 0 bridgehead atoms. The van der Waals surface area contributed by atoms with Crippen molar-refractivity contribution < 1.29 is 18.3 Å². The van der Waals surface area contributed by atoms with Crippen LogP contribution in [0.5, 0.6) is 0 Å². The van der Waals surface area contributed by atoms with Crippen LogP contribution in [0.4, 0.5) is 5.69 Å². The fourth-order valence-electron chi connectivity index (χ4n) is 1.48. The van der Waals surface area contributed by atoms with Crippen LogP contribution in [-0.2, 0) is 17.1 Å². The molecule has 0 aliphatic rings. The van der Waals surface area contributed by atoms with E-state index in [0.29, 0.717) is 0 Å². The number of nitrogens with one attached hydrogen (secondary N) is 1. The molecule has 0 fully saturated rings. The van der Waals surface area contributed by atoms with Crippen molar-refractivity contribution in [3.8, 4) is 0 Å². The Morgan fingerprint density at radius 3 is 2.68 bits per heavy atom. The molecule has 0 radical (unpaired) electrons. The van der Waals surface area contributed by atoms with Crippen molar-refractivity contribution in [1.82, 2.24) is 14.8 Å². The summed E-state index contributed by atoms with van der Waals surface area (Å²) in [7, 11) is -2.44. The molecule has 9 heteroatoms. The number of carbonyl (C=O) groups is 1. The van der Waals surface area contributed by atoms with Crippen molar-refractivity contribution in [2.45, 2.75) is 5.03 Å². The van der Waals surface area contributed by atoms with Crippen LogP contribution in [0.15, 0.2) is 35.7 Å². The monoisotopic (exact) mass is 282 g/mol. The normalized spacial score (nSPS) is 11.2. The third-order valence-corrected chi connectivity index (χ3v) is 3.79. The van der Waals surface area contributed by atoms with Gasteiger partial charge in [0.2, 0.25) is 0 Å². The number of nitrogens with zero attached hydrogens (tertiary/aromatic N) is 3. The smallest absolute Gasteiger partial charge is 0.337 e. The summed E-state index contributed by atoms with van der Waals surface area (Å²) in [6, 6.07) is 2.52. The topological polar surface area (TPSA) is 114 Å². The highest BCUT2D eigenvalue weighted by atomic mass is 32.2. The van der Waals surface area contributed by atoms with Crippen LogP contribution in [-0.4, -0.2) is 34.3 Å². The van der Waals surface area contributed by atoms with E-state index in [1.165, 1.54) is 36.3 Å². The Hall–Kier alpha value is -2.42. The predicted molar refractivity (Wildman–Crippen MR) is 65.2 cm³/mol. The Bertz CT molecular complexity index is 723. The molecular weight excluding hydrogens is 272 g/mol. The Morgan fingerprint density at radius 2 is 2.11 bits per heavy atom. The number of rotatable bonds is 4. The summed E-state index contributed by atoms with van der Waals surface area (Å²) < 4.78 is 27.5. The van der Waals surface area contributed by atoms with E-state index < -0.39 is 16.0 Å². The molecule has 2 aromatic rings.